The Morgan fingerprint density at radius 1 is 1.50 bits per heavy atom. The van der Waals surface area contributed by atoms with Gasteiger partial charge in [-0.3, -0.25) is 0 Å². The highest BCUT2D eigenvalue weighted by molar-refractivity contribution is 9.10. The van der Waals surface area contributed by atoms with Gasteiger partial charge >= 0.3 is 0 Å². The molecule has 3 N–H and O–H groups in total. The molecule has 0 saturated heterocycles. The fourth-order valence-corrected chi connectivity index (χ4v) is 2.23. The number of hydrogen-bond acceptors (Lipinski definition) is 5. The number of nitrogens with two attached hydrogens (primary N) is 1. The van der Waals surface area contributed by atoms with Crippen molar-refractivity contribution < 1.29 is 9.63 Å². The molecule has 0 fully saturated rings. The van der Waals surface area contributed by atoms with Crippen molar-refractivity contribution in [3.63, 3.8) is 0 Å². The lowest BCUT2D eigenvalue weighted by Crippen LogP contribution is -2.12. The molecule has 0 bridgehead atoms. The molecule has 2 aromatic rings. The predicted octanol–water partition coefficient (Wildman–Crippen LogP) is 2.19. The number of aliphatic hydroxyl groups excluding tert-OH is 1. The first-order chi connectivity index (χ1) is 8.61. The van der Waals surface area contributed by atoms with Crippen LogP contribution in [0, 0.1) is 6.92 Å². The highest BCUT2D eigenvalue weighted by atomic mass is 79.9. The molecule has 0 saturated carbocycles. The molecule has 0 aliphatic heterocycles. The molecule has 1 heterocycles. The maximum absolute atomic E-state index is 8.82. The van der Waals surface area contributed by atoms with Gasteiger partial charge in [0.1, 0.15) is 0 Å². The molecule has 1 unspecified atom stereocenters. The molecular formula is C12H14BrN3O2. The summed E-state index contributed by atoms with van der Waals surface area (Å²) in [5.41, 5.74) is 7.79. The monoisotopic (exact) mass is 311 g/mol. The van der Waals surface area contributed by atoms with Crippen molar-refractivity contribution in [1.82, 2.24) is 10.1 Å². The van der Waals surface area contributed by atoms with Crippen LogP contribution in [0.4, 0.5) is 0 Å². The molecule has 18 heavy (non-hydrogen) atoms. The van der Waals surface area contributed by atoms with Gasteiger partial charge in [-0.2, -0.15) is 4.98 Å². The Bertz CT molecular complexity index is 542. The second-order valence-corrected chi connectivity index (χ2v) is 4.91. The zero-order chi connectivity index (χ0) is 13.1. The molecular weight excluding hydrogens is 298 g/mol. The number of nitrogens with zero attached hydrogens (tertiary/aromatic N) is 2. The average Bonchev–Trinajstić information content (AvgIpc) is 2.78. The molecule has 1 aromatic carbocycles. The van der Waals surface area contributed by atoms with Gasteiger partial charge in [0.15, 0.2) is 0 Å². The Balaban J connectivity index is 2.29. The zero-order valence-corrected chi connectivity index (χ0v) is 11.5. The summed E-state index contributed by atoms with van der Waals surface area (Å²) in [5.74, 6) is 0.830. The van der Waals surface area contributed by atoms with Crippen molar-refractivity contribution >= 4 is 15.9 Å². The largest absolute Gasteiger partial charge is 0.396 e. The molecule has 0 aliphatic carbocycles. The minimum Gasteiger partial charge on any atom is -0.396 e. The second-order valence-electron chi connectivity index (χ2n) is 4.06. The molecule has 0 amide bonds. The number of aromatic nitrogens is 2. The topological polar surface area (TPSA) is 85.2 Å². The normalized spacial score (nSPS) is 12.7. The smallest absolute Gasteiger partial charge is 0.243 e. The molecule has 1 aromatic heterocycles. The Kier molecular flexibility index (Phi) is 4.11. The summed E-state index contributed by atoms with van der Waals surface area (Å²) >= 11 is 3.47. The molecule has 0 aliphatic rings. The number of aliphatic hydroxyl groups is 1. The SMILES string of the molecule is Cc1ccc(-c2noc(C(N)CCO)n2)c(Br)c1. The van der Waals surface area contributed by atoms with E-state index in [9.17, 15) is 0 Å². The number of rotatable bonds is 4. The number of aryl methyl sites for hydroxylation is 1. The first-order valence-corrected chi connectivity index (χ1v) is 6.37. The van der Waals surface area contributed by atoms with Crippen LogP contribution in [-0.4, -0.2) is 21.9 Å². The molecule has 2 rings (SSSR count). The summed E-state index contributed by atoms with van der Waals surface area (Å²) in [5, 5.41) is 12.7. The molecule has 5 nitrogen and oxygen atoms in total. The van der Waals surface area contributed by atoms with E-state index in [-0.39, 0.29) is 6.61 Å². The molecule has 0 radical (unpaired) electrons. The Hall–Kier alpha value is -1.24. The van der Waals surface area contributed by atoms with Gasteiger partial charge in [-0.05, 0) is 31.0 Å². The van der Waals surface area contributed by atoms with E-state index in [1.54, 1.807) is 0 Å². The lowest BCUT2D eigenvalue weighted by Gasteiger charge is -2.02. The summed E-state index contributed by atoms with van der Waals surface area (Å²) in [6.45, 7) is 2.00. The Morgan fingerprint density at radius 3 is 2.94 bits per heavy atom. The first-order valence-electron chi connectivity index (χ1n) is 5.58. The van der Waals surface area contributed by atoms with Crippen LogP contribution < -0.4 is 5.73 Å². The second kappa shape index (κ2) is 5.60. The predicted molar refractivity (Wildman–Crippen MR) is 70.8 cm³/mol. The van der Waals surface area contributed by atoms with Crippen LogP contribution >= 0.6 is 15.9 Å². The summed E-state index contributed by atoms with van der Waals surface area (Å²) in [7, 11) is 0. The third-order valence-corrected chi connectivity index (χ3v) is 3.22. The zero-order valence-electron chi connectivity index (χ0n) is 9.93. The van der Waals surface area contributed by atoms with Gasteiger partial charge in [0, 0.05) is 16.6 Å². The lowest BCUT2D eigenvalue weighted by molar-refractivity contribution is 0.259. The fraction of sp³-hybridized carbons (Fsp3) is 0.333. The van der Waals surface area contributed by atoms with Crippen LogP contribution in [-0.2, 0) is 0 Å². The minimum atomic E-state index is -0.430. The lowest BCUT2D eigenvalue weighted by atomic mass is 10.1. The molecule has 6 heteroatoms. The van der Waals surface area contributed by atoms with Crippen LogP contribution in [0.1, 0.15) is 23.9 Å². The van der Waals surface area contributed by atoms with Crippen LogP contribution in [0.2, 0.25) is 0 Å². The number of halogens is 1. The van der Waals surface area contributed by atoms with Crippen LogP contribution in [0.5, 0.6) is 0 Å². The minimum absolute atomic E-state index is 0.00684. The van der Waals surface area contributed by atoms with E-state index in [2.05, 4.69) is 26.1 Å². The van der Waals surface area contributed by atoms with Crippen molar-refractivity contribution in [3.05, 3.63) is 34.1 Å². The highest BCUT2D eigenvalue weighted by Crippen LogP contribution is 2.27. The quantitative estimate of drug-likeness (QED) is 0.904. The van der Waals surface area contributed by atoms with Crippen molar-refractivity contribution in [2.24, 2.45) is 5.73 Å². The van der Waals surface area contributed by atoms with E-state index in [1.165, 1.54) is 0 Å². The van der Waals surface area contributed by atoms with Crippen molar-refractivity contribution in [3.8, 4) is 11.4 Å². The van der Waals surface area contributed by atoms with Gasteiger partial charge in [0.25, 0.3) is 0 Å². The number of hydrogen-bond donors (Lipinski definition) is 2. The van der Waals surface area contributed by atoms with E-state index in [0.29, 0.717) is 18.1 Å². The van der Waals surface area contributed by atoms with Gasteiger partial charge in [0.05, 0.1) is 6.04 Å². The van der Waals surface area contributed by atoms with Gasteiger partial charge in [-0.15, -0.1) is 0 Å². The summed E-state index contributed by atoms with van der Waals surface area (Å²) in [6, 6.07) is 5.45. The van der Waals surface area contributed by atoms with Gasteiger partial charge in [-0.25, -0.2) is 0 Å². The van der Waals surface area contributed by atoms with Gasteiger partial charge in [0.2, 0.25) is 11.7 Å². The van der Waals surface area contributed by atoms with Crippen LogP contribution in [0.15, 0.2) is 27.2 Å². The summed E-state index contributed by atoms with van der Waals surface area (Å²) in [6.07, 6.45) is 0.400. The van der Waals surface area contributed by atoms with Crippen molar-refractivity contribution in [1.29, 1.82) is 0 Å². The molecule has 96 valence electrons. The summed E-state index contributed by atoms with van der Waals surface area (Å²) < 4.78 is 6.01. The van der Waals surface area contributed by atoms with Crippen molar-refractivity contribution in [2.45, 2.75) is 19.4 Å². The standard InChI is InChI=1S/C12H14BrN3O2/c1-7-2-3-8(9(13)6-7)11-15-12(18-16-11)10(14)4-5-17/h2-3,6,10,17H,4-5,14H2,1H3. The third-order valence-electron chi connectivity index (χ3n) is 2.56. The third kappa shape index (κ3) is 2.77. The Morgan fingerprint density at radius 2 is 2.28 bits per heavy atom. The number of benzene rings is 1. The maximum Gasteiger partial charge on any atom is 0.243 e. The summed E-state index contributed by atoms with van der Waals surface area (Å²) in [4.78, 5) is 4.25. The van der Waals surface area contributed by atoms with E-state index in [0.717, 1.165) is 15.6 Å². The fourth-order valence-electron chi connectivity index (χ4n) is 1.56. The Labute approximate surface area is 113 Å². The first kappa shape index (κ1) is 13.2. The average molecular weight is 312 g/mol. The van der Waals surface area contributed by atoms with Crippen molar-refractivity contribution in [2.75, 3.05) is 6.61 Å². The highest BCUT2D eigenvalue weighted by Gasteiger charge is 2.16. The van der Waals surface area contributed by atoms with Crippen LogP contribution in [0.25, 0.3) is 11.4 Å². The van der Waals surface area contributed by atoms with Gasteiger partial charge < -0.3 is 15.4 Å². The van der Waals surface area contributed by atoms with E-state index in [4.69, 9.17) is 15.4 Å². The van der Waals surface area contributed by atoms with E-state index < -0.39 is 6.04 Å². The van der Waals surface area contributed by atoms with E-state index in [1.807, 2.05) is 25.1 Å². The molecule has 0 spiro atoms. The molecule has 1 atom stereocenters. The van der Waals surface area contributed by atoms with Crippen LogP contribution in [0.3, 0.4) is 0 Å². The van der Waals surface area contributed by atoms with E-state index >= 15 is 0 Å². The maximum atomic E-state index is 8.82. The van der Waals surface area contributed by atoms with Gasteiger partial charge in [-0.1, -0.05) is 27.2 Å².